The molecule has 0 radical (unpaired) electrons. The van der Waals surface area contributed by atoms with Crippen molar-refractivity contribution in [2.24, 2.45) is 0 Å². The van der Waals surface area contributed by atoms with E-state index >= 15 is 0 Å². The molecule has 5 rings (SSSR count). The highest BCUT2D eigenvalue weighted by Gasteiger charge is 2.24. The van der Waals surface area contributed by atoms with E-state index in [1.165, 1.54) is 65.5 Å². The Hall–Kier alpha value is -2.65. The first-order valence-corrected chi connectivity index (χ1v) is 13.8. The molecule has 0 bridgehead atoms. The number of nitrogens with one attached hydrogen (secondary N) is 1. The standard InChI is InChI=1S/C32H40N2O/c1-4-23-13-10-14-24(5-2)32(23)30-20-31(35-26-16-7-8-17-26)28(22(3)34-30)21-33-29-19-11-15-25-12-6-9-18-27(25)29/h6,9-10,12-14,18,20,26,29,33H,4-5,7-8,11,15-17,19,21H2,1-3H3. The number of hydrogen-bond acceptors (Lipinski definition) is 3. The van der Waals surface area contributed by atoms with Gasteiger partial charge in [-0.2, -0.15) is 0 Å². The second-order valence-electron chi connectivity index (χ2n) is 10.3. The fraction of sp³-hybridized carbons (Fsp3) is 0.469. The summed E-state index contributed by atoms with van der Waals surface area (Å²) in [6, 6.07) is 18.2. The number of hydrogen-bond donors (Lipinski definition) is 1. The fourth-order valence-electron chi connectivity index (χ4n) is 6.07. The normalized spacial score (nSPS) is 18.0. The molecule has 2 aromatic carbocycles. The summed E-state index contributed by atoms with van der Waals surface area (Å²) in [5.74, 6) is 1.03. The Bertz CT molecular complexity index is 1140. The summed E-state index contributed by atoms with van der Waals surface area (Å²) < 4.78 is 6.73. The quantitative estimate of drug-likeness (QED) is 0.368. The summed E-state index contributed by atoms with van der Waals surface area (Å²) >= 11 is 0. The van der Waals surface area contributed by atoms with Crippen LogP contribution >= 0.6 is 0 Å². The zero-order valence-electron chi connectivity index (χ0n) is 21.7. The van der Waals surface area contributed by atoms with Gasteiger partial charge >= 0.3 is 0 Å². The van der Waals surface area contributed by atoms with Crippen LogP contribution in [-0.4, -0.2) is 11.1 Å². The van der Waals surface area contributed by atoms with E-state index in [4.69, 9.17) is 9.72 Å². The van der Waals surface area contributed by atoms with Crippen molar-refractivity contribution >= 4 is 0 Å². The molecule has 3 aromatic rings. The van der Waals surface area contributed by atoms with Crippen molar-refractivity contribution in [3.63, 3.8) is 0 Å². The number of fused-ring (bicyclic) bond motifs is 1. The summed E-state index contributed by atoms with van der Waals surface area (Å²) in [4.78, 5) is 5.18. The van der Waals surface area contributed by atoms with Crippen LogP contribution in [0.3, 0.4) is 0 Å². The predicted molar refractivity (Wildman–Crippen MR) is 145 cm³/mol. The lowest BCUT2D eigenvalue weighted by atomic mass is 9.87. The summed E-state index contributed by atoms with van der Waals surface area (Å²) in [7, 11) is 0. The molecule has 1 N–H and O–H groups in total. The van der Waals surface area contributed by atoms with Gasteiger partial charge in [0.15, 0.2) is 0 Å². The lowest BCUT2D eigenvalue weighted by Gasteiger charge is -2.27. The van der Waals surface area contributed by atoms with Crippen molar-refractivity contribution in [1.29, 1.82) is 0 Å². The second kappa shape index (κ2) is 11.0. The molecule has 3 nitrogen and oxygen atoms in total. The summed E-state index contributed by atoms with van der Waals surface area (Å²) in [5.41, 5.74) is 10.4. The van der Waals surface area contributed by atoms with Crippen molar-refractivity contribution in [2.75, 3.05) is 0 Å². The van der Waals surface area contributed by atoms with Crippen LogP contribution in [0.2, 0.25) is 0 Å². The van der Waals surface area contributed by atoms with Gasteiger partial charge in [0.05, 0.1) is 11.8 Å². The van der Waals surface area contributed by atoms with Gasteiger partial charge in [0, 0.05) is 35.5 Å². The van der Waals surface area contributed by atoms with Crippen LogP contribution in [0.5, 0.6) is 5.75 Å². The highest BCUT2D eigenvalue weighted by atomic mass is 16.5. The minimum atomic E-state index is 0.325. The van der Waals surface area contributed by atoms with Crippen LogP contribution < -0.4 is 10.1 Å². The molecule has 2 aliphatic carbocycles. The summed E-state index contributed by atoms with van der Waals surface area (Å²) in [6.45, 7) is 7.43. The van der Waals surface area contributed by atoms with Gasteiger partial charge in [0.1, 0.15) is 5.75 Å². The third-order valence-electron chi connectivity index (χ3n) is 8.04. The SMILES string of the molecule is CCc1cccc(CC)c1-c1cc(OC2CCCC2)c(CNC2CCCc3ccccc32)c(C)n1. The molecule has 0 amide bonds. The number of aryl methyl sites for hydroxylation is 4. The lowest BCUT2D eigenvalue weighted by molar-refractivity contribution is 0.207. The average Bonchev–Trinajstić information content (AvgIpc) is 3.40. The second-order valence-corrected chi connectivity index (χ2v) is 10.3. The molecule has 0 spiro atoms. The fourth-order valence-corrected chi connectivity index (χ4v) is 6.07. The third-order valence-corrected chi connectivity index (χ3v) is 8.04. The van der Waals surface area contributed by atoms with Gasteiger partial charge in [0.25, 0.3) is 0 Å². The maximum atomic E-state index is 6.73. The van der Waals surface area contributed by atoms with Gasteiger partial charge in [-0.15, -0.1) is 0 Å². The molecule has 3 heteroatoms. The monoisotopic (exact) mass is 468 g/mol. The van der Waals surface area contributed by atoms with Crippen molar-refractivity contribution in [1.82, 2.24) is 10.3 Å². The molecule has 0 aliphatic heterocycles. The molecule has 0 saturated heterocycles. The number of aromatic nitrogens is 1. The number of rotatable bonds is 8. The molecule has 1 atom stereocenters. The highest BCUT2D eigenvalue weighted by molar-refractivity contribution is 5.70. The van der Waals surface area contributed by atoms with Gasteiger partial charge in [-0.3, -0.25) is 4.98 Å². The van der Waals surface area contributed by atoms with Crippen LogP contribution in [0, 0.1) is 6.92 Å². The van der Waals surface area contributed by atoms with E-state index in [0.29, 0.717) is 12.1 Å². The highest BCUT2D eigenvalue weighted by Crippen LogP contribution is 2.36. The van der Waals surface area contributed by atoms with Gasteiger partial charge in [-0.1, -0.05) is 56.3 Å². The molecule has 1 unspecified atom stereocenters. The van der Waals surface area contributed by atoms with Crippen LogP contribution in [0.25, 0.3) is 11.3 Å². The Morgan fingerprint density at radius 3 is 2.40 bits per heavy atom. The Morgan fingerprint density at radius 2 is 1.66 bits per heavy atom. The third kappa shape index (κ3) is 5.16. The van der Waals surface area contributed by atoms with Crippen molar-refractivity contribution < 1.29 is 4.74 Å². The lowest BCUT2D eigenvalue weighted by Crippen LogP contribution is -2.26. The van der Waals surface area contributed by atoms with Gasteiger partial charge in [-0.05, 0) is 87.0 Å². The minimum Gasteiger partial charge on any atom is -0.490 e. The van der Waals surface area contributed by atoms with E-state index in [1.807, 2.05) is 0 Å². The van der Waals surface area contributed by atoms with Crippen LogP contribution in [0.15, 0.2) is 48.5 Å². The predicted octanol–water partition coefficient (Wildman–Crippen LogP) is 7.67. The van der Waals surface area contributed by atoms with Crippen LogP contribution in [0.1, 0.15) is 91.9 Å². The first kappa shape index (κ1) is 24.1. The number of pyridine rings is 1. The smallest absolute Gasteiger partial charge is 0.128 e. The van der Waals surface area contributed by atoms with E-state index < -0.39 is 0 Å². The molecule has 2 aliphatic rings. The van der Waals surface area contributed by atoms with Crippen molar-refractivity contribution in [3.05, 3.63) is 82.0 Å². The zero-order chi connectivity index (χ0) is 24.2. The molecular weight excluding hydrogens is 428 g/mol. The van der Waals surface area contributed by atoms with E-state index in [0.717, 1.165) is 49.4 Å². The molecule has 1 saturated carbocycles. The van der Waals surface area contributed by atoms with Crippen LogP contribution in [-0.2, 0) is 25.8 Å². The maximum absolute atomic E-state index is 6.73. The van der Waals surface area contributed by atoms with Crippen molar-refractivity contribution in [2.45, 2.75) is 97.2 Å². The van der Waals surface area contributed by atoms with Crippen LogP contribution in [0.4, 0.5) is 0 Å². The van der Waals surface area contributed by atoms with Gasteiger partial charge in [-0.25, -0.2) is 0 Å². The van der Waals surface area contributed by atoms with Gasteiger partial charge in [0.2, 0.25) is 0 Å². The Labute approximate surface area is 211 Å². The first-order valence-electron chi connectivity index (χ1n) is 13.8. The Balaban J connectivity index is 1.49. The molecular formula is C32H40N2O. The molecule has 35 heavy (non-hydrogen) atoms. The number of ether oxygens (including phenoxy) is 1. The van der Waals surface area contributed by atoms with Crippen molar-refractivity contribution in [3.8, 4) is 17.0 Å². The number of benzene rings is 2. The Kier molecular flexibility index (Phi) is 7.53. The number of nitrogens with zero attached hydrogens (tertiary/aromatic N) is 1. The largest absolute Gasteiger partial charge is 0.490 e. The first-order chi connectivity index (χ1) is 17.2. The molecule has 1 aromatic heterocycles. The Morgan fingerprint density at radius 1 is 0.914 bits per heavy atom. The molecule has 1 fully saturated rings. The van der Waals surface area contributed by atoms with E-state index in [2.05, 4.69) is 74.6 Å². The summed E-state index contributed by atoms with van der Waals surface area (Å²) in [5, 5.41) is 3.88. The molecule has 184 valence electrons. The van der Waals surface area contributed by atoms with E-state index in [1.54, 1.807) is 0 Å². The van der Waals surface area contributed by atoms with E-state index in [-0.39, 0.29) is 0 Å². The van der Waals surface area contributed by atoms with E-state index in [9.17, 15) is 0 Å². The topological polar surface area (TPSA) is 34.1 Å². The summed E-state index contributed by atoms with van der Waals surface area (Å²) in [6.07, 6.45) is 10.8. The zero-order valence-corrected chi connectivity index (χ0v) is 21.7. The molecule has 1 heterocycles. The average molecular weight is 469 g/mol. The minimum absolute atomic E-state index is 0.325. The maximum Gasteiger partial charge on any atom is 0.128 e. The van der Waals surface area contributed by atoms with Gasteiger partial charge < -0.3 is 10.1 Å².